The smallest absolute Gasteiger partial charge is 0.161 e. The number of ether oxygens (including phenoxy) is 1. The van der Waals surface area contributed by atoms with Gasteiger partial charge >= 0.3 is 0 Å². The second-order valence-electron chi connectivity index (χ2n) is 2.39. The van der Waals surface area contributed by atoms with Gasteiger partial charge in [0.05, 0.1) is 7.11 Å². The van der Waals surface area contributed by atoms with Gasteiger partial charge < -0.3 is 9.84 Å². The van der Waals surface area contributed by atoms with E-state index < -0.39 is 0 Å². The van der Waals surface area contributed by atoms with Gasteiger partial charge in [0, 0.05) is 11.1 Å². The van der Waals surface area contributed by atoms with Gasteiger partial charge in [-0.15, -0.1) is 0 Å². The van der Waals surface area contributed by atoms with E-state index in [4.69, 9.17) is 4.74 Å². The molecule has 1 rings (SSSR count). The summed E-state index contributed by atoms with van der Waals surface area (Å²) in [5.74, 6) is 0.0166. The molecule has 0 radical (unpaired) electrons. The molecule has 0 spiro atoms. The Morgan fingerprint density at radius 2 is 1.60 bits per heavy atom. The molecule has 0 atom stereocenters. The minimum absolute atomic E-state index is 0.147. The average Bonchev–Trinajstić information content (AvgIpc) is 2.31. The number of benzene rings is 1. The summed E-state index contributed by atoms with van der Waals surface area (Å²) in [6, 6.07) is 2.50. The quantitative estimate of drug-likeness (QED) is 0.775. The lowest BCUT2D eigenvalue weighted by Crippen LogP contribution is -1.93. The van der Waals surface area contributed by atoms with E-state index in [1.165, 1.54) is 19.2 Å². The maximum Gasteiger partial charge on any atom is 0.161 e. The van der Waals surface area contributed by atoms with Crippen molar-refractivity contribution >= 4 is 12.6 Å². The number of hydrogen-bond donors (Lipinski definition) is 1. The molecule has 0 aliphatic carbocycles. The zero-order chi connectivity index (χ0) is 11.8. The van der Waals surface area contributed by atoms with Crippen LogP contribution in [-0.2, 0) is 0 Å². The second-order valence-corrected chi connectivity index (χ2v) is 2.39. The van der Waals surface area contributed by atoms with Gasteiger partial charge in [-0.2, -0.15) is 0 Å². The van der Waals surface area contributed by atoms with E-state index in [1.54, 1.807) is 0 Å². The molecular formula is C11H14O4. The van der Waals surface area contributed by atoms with Crippen molar-refractivity contribution in [1.82, 2.24) is 0 Å². The molecule has 0 fully saturated rings. The van der Waals surface area contributed by atoms with Crippen molar-refractivity contribution in [1.29, 1.82) is 0 Å². The normalized spacial score (nSPS) is 8.47. The SMILES string of the molecule is CC.COc1cc(C=O)c(C=O)cc1O. The lowest BCUT2D eigenvalue weighted by Gasteiger charge is -2.04. The molecule has 15 heavy (non-hydrogen) atoms. The van der Waals surface area contributed by atoms with E-state index in [1.807, 2.05) is 13.8 Å². The maximum absolute atomic E-state index is 10.5. The summed E-state index contributed by atoms with van der Waals surface area (Å²) in [7, 11) is 1.37. The van der Waals surface area contributed by atoms with E-state index >= 15 is 0 Å². The van der Waals surface area contributed by atoms with Crippen LogP contribution in [0, 0.1) is 0 Å². The fraction of sp³-hybridized carbons (Fsp3) is 0.273. The molecule has 82 valence electrons. The molecule has 0 saturated heterocycles. The number of hydrogen-bond acceptors (Lipinski definition) is 4. The Kier molecular flexibility index (Phi) is 5.78. The first-order chi connectivity index (χ1) is 7.22. The molecule has 4 heteroatoms. The number of rotatable bonds is 3. The summed E-state index contributed by atoms with van der Waals surface area (Å²) >= 11 is 0. The standard InChI is InChI=1S/C9H8O4.C2H6/c1-13-9-3-7(5-11)6(4-10)2-8(9)12;1-2/h2-5,12H,1H3;1-2H3. The molecule has 0 aliphatic rings. The Morgan fingerprint density at radius 3 is 2.00 bits per heavy atom. The first-order valence-corrected chi connectivity index (χ1v) is 4.54. The number of phenolic OH excluding ortho intramolecular Hbond substituents is 1. The topological polar surface area (TPSA) is 63.6 Å². The van der Waals surface area contributed by atoms with Crippen molar-refractivity contribution < 1.29 is 19.4 Å². The summed E-state index contributed by atoms with van der Waals surface area (Å²) in [5.41, 5.74) is 0.345. The van der Waals surface area contributed by atoms with Crippen LogP contribution in [0.3, 0.4) is 0 Å². The number of methoxy groups -OCH3 is 1. The highest BCUT2D eigenvalue weighted by Crippen LogP contribution is 2.27. The molecule has 0 heterocycles. The minimum Gasteiger partial charge on any atom is -0.504 e. The van der Waals surface area contributed by atoms with E-state index in [0.29, 0.717) is 12.6 Å². The molecule has 4 nitrogen and oxygen atoms in total. The highest BCUT2D eigenvalue weighted by molar-refractivity contribution is 5.91. The van der Waals surface area contributed by atoms with Crippen LogP contribution in [0.25, 0.3) is 0 Å². The summed E-state index contributed by atoms with van der Waals surface area (Å²) in [6.45, 7) is 4.00. The van der Waals surface area contributed by atoms with Gasteiger partial charge in [0.2, 0.25) is 0 Å². The van der Waals surface area contributed by atoms with Gasteiger partial charge in [-0.05, 0) is 12.1 Å². The van der Waals surface area contributed by atoms with E-state index in [0.717, 1.165) is 0 Å². The number of aldehydes is 2. The van der Waals surface area contributed by atoms with Gasteiger partial charge in [-0.1, -0.05) is 13.8 Å². The predicted molar refractivity (Wildman–Crippen MR) is 56.8 cm³/mol. The summed E-state index contributed by atoms with van der Waals surface area (Å²) in [6.07, 6.45) is 1.04. The molecule has 0 unspecified atom stereocenters. The Bertz CT molecular complexity index is 345. The van der Waals surface area contributed by atoms with Crippen LogP contribution in [0.2, 0.25) is 0 Å². The average molecular weight is 210 g/mol. The van der Waals surface area contributed by atoms with Gasteiger partial charge in [0.25, 0.3) is 0 Å². The van der Waals surface area contributed by atoms with Crippen molar-refractivity contribution in [2.24, 2.45) is 0 Å². The van der Waals surface area contributed by atoms with E-state index in [2.05, 4.69) is 0 Å². The fourth-order valence-electron chi connectivity index (χ4n) is 0.968. The molecule has 1 aromatic rings. The maximum atomic E-state index is 10.5. The van der Waals surface area contributed by atoms with Crippen LogP contribution in [0.5, 0.6) is 11.5 Å². The molecule has 0 aliphatic heterocycles. The van der Waals surface area contributed by atoms with Crippen LogP contribution in [0.15, 0.2) is 12.1 Å². The summed E-state index contributed by atoms with van der Waals surface area (Å²) < 4.78 is 4.76. The minimum atomic E-state index is -0.157. The lowest BCUT2D eigenvalue weighted by molar-refractivity contribution is 0.109. The molecule has 0 bridgehead atoms. The number of aromatic hydroxyl groups is 1. The summed E-state index contributed by atoms with van der Waals surface area (Å²) in [5, 5.41) is 9.24. The van der Waals surface area contributed by atoms with Crippen molar-refractivity contribution in [2.45, 2.75) is 13.8 Å². The van der Waals surface area contributed by atoms with E-state index in [9.17, 15) is 14.7 Å². The largest absolute Gasteiger partial charge is 0.504 e. The highest BCUT2D eigenvalue weighted by atomic mass is 16.5. The Labute approximate surface area is 88.5 Å². The Morgan fingerprint density at radius 1 is 1.13 bits per heavy atom. The Hall–Kier alpha value is -1.84. The zero-order valence-corrected chi connectivity index (χ0v) is 8.98. The van der Waals surface area contributed by atoms with Gasteiger partial charge in [-0.3, -0.25) is 9.59 Å². The number of carbonyl (C=O) groups is 2. The Balaban J connectivity index is 0.000000921. The molecular weight excluding hydrogens is 196 g/mol. The monoisotopic (exact) mass is 210 g/mol. The third-order valence-electron chi connectivity index (χ3n) is 1.64. The number of carbonyl (C=O) groups excluding carboxylic acids is 2. The molecule has 0 aromatic heterocycles. The van der Waals surface area contributed by atoms with Crippen molar-refractivity contribution in [3.05, 3.63) is 23.3 Å². The van der Waals surface area contributed by atoms with Gasteiger partial charge in [-0.25, -0.2) is 0 Å². The van der Waals surface area contributed by atoms with Crippen LogP contribution in [0.4, 0.5) is 0 Å². The predicted octanol–water partition coefficient (Wildman–Crippen LogP) is 2.05. The first kappa shape index (κ1) is 13.2. The van der Waals surface area contributed by atoms with Crippen LogP contribution >= 0.6 is 0 Å². The van der Waals surface area contributed by atoms with Crippen molar-refractivity contribution in [3.8, 4) is 11.5 Å². The van der Waals surface area contributed by atoms with Crippen molar-refractivity contribution in [2.75, 3.05) is 7.11 Å². The number of phenols is 1. The molecule has 1 aromatic carbocycles. The lowest BCUT2D eigenvalue weighted by atomic mass is 10.1. The van der Waals surface area contributed by atoms with E-state index in [-0.39, 0.29) is 22.6 Å². The van der Waals surface area contributed by atoms with Crippen LogP contribution in [-0.4, -0.2) is 24.8 Å². The van der Waals surface area contributed by atoms with Crippen molar-refractivity contribution in [3.63, 3.8) is 0 Å². The highest BCUT2D eigenvalue weighted by Gasteiger charge is 2.07. The molecule has 1 N–H and O–H groups in total. The molecule has 0 amide bonds. The third kappa shape index (κ3) is 3.09. The first-order valence-electron chi connectivity index (χ1n) is 4.54. The van der Waals surface area contributed by atoms with Crippen LogP contribution < -0.4 is 4.74 Å². The van der Waals surface area contributed by atoms with Gasteiger partial charge in [0.1, 0.15) is 0 Å². The second kappa shape index (κ2) is 6.59. The molecule has 0 saturated carbocycles. The summed E-state index contributed by atoms with van der Waals surface area (Å²) in [4.78, 5) is 20.9. The van der Waals surface area contributed by atoms with Crippen LogP contribution in [0.1, 0.15) is 34.6 Å². The zero-order valence-electron chi connectivity index (χ0n) is 8.98. The van der Waals surface area contributed by atoms with Gasteiger partial charge in [0.15, 0.2) is 24.1 Å². The third-order valence-corrected chi connectivity index (χ3v) is 1.64. The fourth-order valence-corrected chi connectivity index (χ4v) is 0.968.